The molecule has 4 rings (SSSR count). The molecule has 1 atom stereocenters. The summed E-state index contributed by atoms with van der Waals surface area (Å²) in [5, 5.41) is 7.32. The van der Waals surface area contributed by atoms with E-state index in [1.807, 2.05) is 25.1 Å². The number of hydrogen-bond acceptors (Lipinski definition) is 5. The van der Waals surface area contributed by atoms with Crippen molar-refractivity contribution >= 4 is 28.7 Å². The molecule has 3 heterocycles. The number of nitrogens with one attached hydrogen (secondary N) is 1. The second-order valence-corrected chi connectivity index (χ2v) is 7.26. The lowest BCUT2D eigenvalue weighted by Gasteiger charge is -2.24. The molecule has 1 N–H and O–H groups in total. The van der Waals surface area contributed by atoms with E-state index >= 15 is 0 Å². The van der Waals surface area contributed by atoms with Crippen LogP contribution in [0.1, 0.15) is 36.1 Å². The van der Waals surface area contributed by atoms with Crippen LogP contribution in [0.25, 0.3) is 11.0 Å². The molecule has 0 bridgehead atoms. The van der Waals surface area contributed by atoms with Crippen molar-refractivity contribution in [2.45, 2.75) is 32.7 Å². The molecule has 9 nitrogen and oxygen atoms in total. The molecule has 0 unspecified atom stereocenters. The molecule has 1 aliphatic heterocycles. The van der Waals surface area contributed by atoms with E-state index in [1.165, 1.54) is 4.68 Å². The molecule has 1 amide bonds. The molecule has 9 heteroatoms. The molecule has 0 saturated heterocycles. The third-order valence-corrected chi connectivity index (χ3v) is 5.45. The Balaban J connectivity index is 1.81. The Morgan fingerprint density at radius 2 is 1.97 bits per heavy atom. The molecule has 1 aromatic carbocycles. The molecular formula is C20H23N5O4. The highest BCUT2D eigenvalue weighted by Crippen LogP contribution is 2.39. The van der Waals surface area contributed by atoms with Crippen LogP contribution < -0.4 is 11.0 Å². The Bertz CT molecular complexity index is 1200. The standard InChI is InChI=1S/C20H23N5O4/c1-5-29-17(27)10-25-19-18(11(2)22-25)13(9-16(26)21-19)12-6-7-14-15(8-12)24(4)20(28)23(14)3/h6-8,13H,5,9-10H2,1-4H3,(H,21,26)/t13-/m0/s1. The van der Waals surface area contributed by atoms with Crippen molar-refractivity contribution in [3.05, 3.63) is 45.5 Å². The molecule has 2 aromatic heterocycles. The minimum atomic E-state index is -0.408. The first-order chi connectivity index (χ1) is 13.8. The van der Waals surface area contributed by atoms with Crippen LogP contribution in [0.3, 0.4) is 0 Å². The topological polar surface area (TPSA) is 100 Å². The highest BCUT2D eigenvalue weighted by Gasteiger charge is 2.33. The van der Waals surface area contributed by atoms with Gasteiger partial charge in [-0.15, -0.1) is 0 Å². The summed E-state index contributed by atoms with van der Waals surface area (Å²) < 4.78 is 9.70. The zero-order chi connectivity index (χ0) is 20.9. The van der Waals surface area contributed by atoms with Crippen molar-refractivity contribution < 1.29 is 14.3 Å². The van der Waals surface area contributed by atoms with Gasteiger partial charge in [-0.05, 0) is 31.5 Å². The molecule has 0 spiro atoms. The van der Waals surface area contributed by atoms with Crippen LogP contribution in [-0.2, 0) is 35.0 Å². The van der Waals surface area contributed by atoms with Crippen LogP contribution in [0.5, 0.6) is 0 Å². The maximum Gasteiger partial charge on any atom is 0.328 e. The summed E-state index contributed by atoms with van der Waals surface area (Å²) in [7, 11) is 3.47. The van der Waals surface area contributed by atoms with Crippen molar-refractivity contribution in [2.24, 2.45) is 14.1 Å². The van der Waals surface area contributed by atoms with Gasteiger partial charge in [0, 0.05) is 32.0 Å². The van der Waals surface area contributed by atoms with Crippen LogP contribution in [0.15, 0.2) is 23.0 Å². The molecule has 29 heavy (non-hydrogen) atoms. The summed E-state index contributed by atoms with van der Waals surface area (Å²) in [5.41, 5.74) is 4.09. The smallest absolute Gasteiger partial charge is 0.328 e. The predicted octanol–water partition coefficient (Wildman–Crippen LogP) is 1.42. The average molecular weight is 397 g/mol. The molecular weight excluding hydrogens is 374 g/mol. The third kappa shape index (κ3) is 3.02. The zero-order valence-corrected chi connectivity index (χ0v) is 16.9. The van der Waals surface area contributed by atoms with Gasteiger partial charge in [-0.1, -0.05) is 6.07 Å². The molecule has 0 fully saturated rings. The first-order valence-electron chi connectivity index (χ1n) is 9.50. The fourth-order valence-corrected chi connectivity index (χ4v) is 4.08. The molecule has 0 aliphatic carbocycles. The molecule has 0 saturated carbocycles. The van der Waals surface area contributed by atoms with Gasteiger partial charge in [0.1, 0.15) is 12.4 Å². The first-order valence-corrected chi connectivity index (χ1v) is 9.50. The van der Waals surface area contributed by atoms with Gasteiger partial charge in [-0.3, -0.25) is 18.7 Å². The normalized spacial score (nSPS) is 16.0. The maximum atomic E-state index is 12.4. The van der Waals surface area contributed by atoms with E-state index in [9.17, 15) is 14.4 Å². The Kier molecular flexibility index (Phi) is 4.52. The van der Waals surface area contributed by atoms with Crippen LogP contribution in [0.4, 0.5) is 5.82 Å². The average Bonchev–Trinajstić information content (AvgIpc) is 3.10. The number of imidazole rings is 1. The van der Waals surface area contributed by atoms with E-state index in [0.717, 1.165) is 27.9 Å². The maximum absolute atomic E-state index is 12.4. The van der Waals surface area contributed by atoms with Gasteiger partial charge >= 0.3 is 11.7 Å². The number of ether oxygens (including phenoxy) is 1. The SMILES string of the molecule is CCOC(=O)Cn1nc(C)c2c1NC(=O)C[C@H]2c1ccc2c(c1)n(C)c(=O)n2C. The predicted molar refractivity (Wildman–Crippen MR) is 107 cm³/mol. The van der Waals surface area contributed by atoms with E-state index in [4.69, 9.17) is 4.74 Å². The van der Waals surface area contributed by atoms with E-state index in [2.05, 4.69) is 10.4 Å². The number of rotatable bonds is 4. The van der Waals surface area contributed by atoms with Gasteiger partial charge in [0.15, 0.2) is 0 Å². The molecule has 152 valence electrons. The number of nitrogens with zero attached hydrogens (tertiary/aromatic N) is 4. The Hall–Kier alpha value is -3.36. The summed E-state index contributed by atoms with van der Waals surface area (Å²) in [6.07, 6.45) is 0.269. The summed E-state index contributed by atoms with van der Waals surface area (Å²) in [5.74, 6) is -0.238. The summed E-state index contributed by atoms with van der Waals surface area (Å²) in [6.45, 7) is 3.82. The highest BCUT2D eigenvalue weighted by atomic mass is 16.5. The Morgan fingerprint density at radius 1 is 1.24 bits per heavy atom. The number of anilines is 1. The van der Waals surface area contributed by atoms with Crippen molar-refractivity contribution in [3.8, 4) is 0 Å². The molecule has 0 radical (unpaired) electrons. The van der Waals surface area contributed by atoms with Gasteiger partial charge in [0.05, 0.1) is 23.3 Å². The largest absolute Gasteiger partial charge is 0.465 e. The van der Waals surface area contributed by atoms with Gasteiger partial charge in [-0.25, -0.2) is 9.48 Å². The number of amides is 1. The van der Waals surface area contributed by atoms with E-state index in [1.54, 1.807) is 30.2 Å². The van der Waals surface area contributed by atoms with E-state index in [0.29, 0.717) is 5.82 Å². The van der Waals surface area contributed by atoms with Gasteiger partial charge < -0.3 is 10.1 Å². The number of aromatic nitrogens is 4. The summed E-state index contributed by atoms with van der Waals surface area (Å²) in [4.78, 5) is 36.6. The quantitative estimate of drug-likeness (QED) is 0.671. The number of esters is 1. The number of fused-ring (bicyclic) bond motifs is 2. The van der Waals surface area contributed by atoms with Crippen LogP contribution in [0.2, 0.25) is 0 Å². The van der Waals surface area contributed by atoms with Gasteiger partial charge in [0.2, 0.25) is 5.91 Å². The van der Waals surface area contributed by atoms with E-state index < -0.39 is 5.97 Å². The molecule has 1 aliphatic rings. The first kappa shape index (κ1) is 19.0. The van der Waals surface area contributed by atoms with Crippen LogP contribution in [0, 0.1) is 6.92 Å². The lowest BCUT2D eigenvalue weighted by molar-refractivity contribution is -0.144. The van der Waals surface area contributed by atoms with Crippen molar-refractivity contribution in [1.82, 2.24) is 18.9 Å². The van der Waals surface area contributed by atoms with Crippen molar-refractivity contribution in [2.75, 3.05) is 11.9 Å². The number of carbonyl (C=O) groups excluding carboxylic acids is 2. The lowest BCUT2D eigenvalue weighted by Crippen LogP contribution is -2.26. The minimum Gasteiger partial charge on any atom is -0.465 e. The van der Waals surface area contributed by atoms with Gasteiger partial charge in [0.25, 0.3) is 0 Å². The second kappa shape index (κ2) is 6.91. The summed E-state index contributed by atoms with van der Waals surface area (Å²) in [6, 6.07) is 5.79. The number of hydrogen-bond donors (Lipinski definition) is 1. The minimum absolute atomic E-state index is 0.0662. The number of aryl methyl sites for hydroxylation is 3. The van der Waals surface area contributed by atoms with Gasteiger partial charge in [-0.2, -0.15) is 5.10 Å². The fraction of sp³-hybridized carbons (Fsp3) is 0.400. The van der Waals surface area contributed by atoms with E-state index in [-0.39, 0.29) is 37.1 Å². The van der Waals surface area contributed by atoms with Crippen LogP contribution in [-0.4, -0.2) is 37.4 Å². The van der Waals surface area contributed by atoms with Crippen molar-refractivity contribution in [1.29, 1.82) is 0 Å². The Morgan fingerprint density at radius 3 is 2.69 bits per heavy atom. The number of benzene rings is 1. The monoisotopic (exact) mass is 397 g/mol. The highest BCUT2D eigenvalue weighted by molar-refractivity contribution is 5.95. The summed E-state index contributed by atoms with van der Waals surface area (Å²) >= 11 is 0. The lowest BCUT2D eigenvalue weighted by atomic mass is 9.85. The Labute approximate surface area is 166 Å². The zero-order valence-electron chi connectivity index (χ0n) is 16.9. The van der Waals surface area contributed by atoms with Crippen molar-refractivity contribution in [3.63, 3.8) is 0 Å². The third-order valence-electron chi connectivity index (χ3n) is 5.45. The molecule has 3 aromatic rings. The fourth-order valence-electron chi connectivity index (χ4n) is 4.08. The number of carbonyl (C=O) groups is 2. The second-order valence-electron chi connectivity index (χ2n) is 7.26. The van der Waals surface area contributed by atoms with Crippen LogP contribution >= 0.6 is 0 Å².